The quantitative estimate of drug-likeness (QED) is 0.806. The molecule has 0 saturated heterocycles. The van der Waals surface area contributed by atoms with Crippen molar-refractivity contribution in [1.29, 1.82) is 5.26 Å². The summed E-state index contributed by atoms with van der Waals surface area (Å²) in [5.74, 6) is 0. The van der Waals surface area contributed by atoms with E-state index in [1.807, 2.05) is 6.07 Å². The molecule has 0 aromatic heterocycles. The largest absolute Gasteiger partial charge is 0.388 e. The van der Waals surface area contributed by atoms with Crippen molar-refractivity contribution in [2.45, 2.75) is 18.9 Å². The lowest BCUT2D eigenvalue weighted by Gasteiger charge is -2.07. The number of aliphatic hydroxyl groups excluding tert-OH is 1. The van der Waals surface area contributed by atoms with E-state index in [4.69, 9.17) is 16.9 Å². The van der Waals surface area contributed by atoms with Gasteiger partial charge in [-0.3, -0.25) is 0 Å². The van der Waals surface area contributed by atoms with Crippen LogP contribution in [-0.4, -0.2) is 5.11 Å². The molecule has 1 aromatic carbocycles. The minimum atomic E-state index is -0.558. The molecule has 3 heteroatoms. The van der Waals surface area contributed by atoms with E-state index in [1.165, 1.54) is 0 Å². The Morgan fingerprint density at radius 2 is 2.00 bits per heavy atom. The van der Waals surface area contributed by atoms with Gasteiger partial charge in [0.25, 0.3) is 0 Å². The number of nitriles is 1. The van der Waals surface area contributed by atoms with Gasteiger partial charge in [-0.25, -0.2) is 0 Å². The van der Waals surface area contributed by atoms with Gasteiger partial charge < -0.3 is 5.11 Å². The molecule has 0 amide bonds. The Kier molecular flexibility index (Phi) is 3.75. The molecule has 0 saturated carbocycles. The molecule has 13 heavy (non-hydrogen) atoms. The second-order valence-corrected chi connectivity index (χ2v) is 3.20. The van der Waals surface area contributed by atoms with Gasteiger partial charge in [0, 0.05) is 11.4 Å². The predicted molar refractivity (Wildman–Crippen MR) is 51.3 cm³/mol. The minimum absolute atomic E-state index is 0.365. The summed E-state index contributed by atoms with van der Waals surface area (Å²) in [6.45, 7) is 0. The molecular weight excluding hydrogens is 186 g/mol. The Morgan fingerprint density at radius 3 is 2.54 bits per heavy atom. The average molecular weight is 196 g/mol. The number of aliphatic hydroxyl groups is 1. The summed E-state index contributed by atoms with van der Waals surface area (Å²) >= 11 is 5.69. The summed E-state index contributed by atoms with van der Waals surface area (Å²) < 4.78 is 0. The molecule has 0 fully saturated rings. The lowest BCUT2D eigenvalue weighted by molar-refractivity contribution is 0.169. The Morgan fingerprint density at radius 1 is 1.38 bits per heavy atom. The summed E-state index contributed by atoms with van der Waals surface area (Å²) in [5, 5.41) is 18.5. The molecule has 0 heterocycles. The van der Waals surface area contributed by atoms with E-state index >= 15 is 0 Å². The van der Waals surface area contributed by atoms with Crippen molar-refractivity contribution in [3.8, 4) is 6.07 Å². The van der Waals surface area contributed by atoms with Crippen molar-refractivity contribution in [1.82, 2.24) is 0 Å². The molecule has 1 N–H and O–H groups in total. The highest BCUT2D eigenvalue weighted by atomic mass is 35.5. The topological polar surface area (TPSA) is 44.0 Å². The number of nitrogens with zero attached hydrogens (tertiary/aromatic N) is 1. The highest BCUT2D eigenvalue weighted by molar-refractivity contribution is 6.30. The summed E-state index contributed by atoms with van der Waals surface area (Å²) in [4.78, 5) is 0. The van der Waals surface area contributed by atoms with Gasteiger partial charge in [-0.05, 0) is 24.1 Å². The smallest absolute Gasteiger partial charge is 0.0799 e. The van der Waals surface area contributed by atoms with Crippen molar-refractivity contribution in [2.75, 3.05) is 0 Å². The van der Waals surface area contributed by atoms with Crippen LogP contribution in [0.5, 0.6) is 0 Å². The van der Waals surface area contributed by atoms with Crippen LogP contribution in [0.15, 0.2) is 24.3 Å². The summed E-state index contributed by atoms with van der Waals surface area (Å²) in [5.41, 5.74) is 0.805. The highest BCUT2D eigenvalue weighted by Gasteiger charge is 2.05. The van der Waals surface area contributed by atoms with E-state index in [9.17, 15) is 5.11 Å². The van der Waals surface area contributed by atoms with Gasteiger partial charge in [-0.1, -0.05) is 23.7 Å². The molecule has 1 rings (SSSR count). The van der Waals surface area contributed by atoms with Crippen LogP contribution in [0.1, 0.15) is 24.5 Å². The maximum Gasteiger partial charge on any atom is 0.0799 e. The fourth-order valence-corrected chi connectivity index (χ4v) is 1.18. The van der Waals surface area contributed by atoms with Crippen molar-refractivity contribution >= 4 is 11.6 Å². The zero-order valence-corrected chi connectivity index (χ0v) is 7.83. The Balaban J connectivity index is 2.62. The zero-order chi connectivity index (χ0) is 9.68. The van der Waals surface area contributed by atoms with E-state index < -0.39 is 6.10 Å². The Hall–Kier alpha value is -1.04. The maximum absolute atomic E-state index is 9.55. The second kappa shape index (κ2) is 4.86. The second-order valence-electron chi connectivity index (χ2n) is 2.76. The van der Waals surface area contributed by atoms with Crippen LogP contribution >= 0.6 is 11.6 Å². The molecule has 0 radical (unpaired) electrons. The van der Waals surface area contributed by atoms with Crippen LogP contribution in [0.3, 0.4) is 0 Å². The molecule has 1 aromatic rings. The van der Waals surface area contributed by atoms with Crippen LogP contribution in [0, 0.1) is 11.3 Å². The number of hydrogen-bond acceptors (Lipinski definition) is 2. The van der Waals surface area contributed by atoms with Crippen LogP contribution in [0.25, 0.3) is 0 Å². The van der Waals surface area contributed by atoms with E-state index in [0.29, 0.717) is 17.9 Å². The molecule has 68 valence electrons. The number of rotatable bonds is 3. The van der Waals surface area contributed by atoms with Crippen molar-refractivity contribution in [3.63, 3.8) is 0 Å². The first-order chi connectivity index (χ1) is 6.24. The van der Waals surface area contributed by atoms with E-state index in [2.05, 4.69) is 0 Å². The molecule has 1 unspecified atom stereocenters. The monoisotopic (exact) mass is 195 g/mol. The first-order valence-electron chi connectivity index (χ1n) is 4.04. The normalized spacial score (nSPS) is 12.1. The number of hydrogen-bond donors (Lipinski definition) is 1. The standard InChI is InChI=1S/C10H10ClNO/c11-9-5-3-8(4-6-9)10(13)2-1-7-12/h3-6,10,13H,1-2H2. The highest BCUT2D eigenvalue weighted by Crippen LogP contribution is 2.19. The van der Waals surface area contributed by atoms with Gasteiger partial charge in [0.15, 0.2) is 0 Å². The zero-order valence-electron chi connectivity index (χ0n) is 7.07. The third-order valence-electron chi connectivity index (χ3n) is 1.78. The maximum atomic E-state index is 9.55. The molecule has 0 aliphatic heterocycles. The molecule has 2 nitrogen and oxygen atoms in total. The predicted octanol–water partition coefficient (Wildman–Crippen LogP) is 2.68. The van der Waals surface area contributed by atoms with Gasteiger partial charge >= 0.3 is 0 Å². The lowest BCUT2D eigenvalue weighted by Crippen LogP contribution is -1.95. The summed E-state index contributed by atoms with van der Waals surface area (Å²) in [7, 11) is 0. The summed E-state index contributed by atoms with van der Waals surface area (Å²) in [6, 6.07) is 8.99. The molecule has 0 spiro atoms. The van der Waals surface area contributed by atoms with Crippen LogP contribution in [0.4, 0.5) is 0 Å². The third-order valence-corrected chi connectivity index (χ3v) is 2.04. The van der Waals surface area contributed by atoms with Gasteiger partial charge in [-0.15, -0.1) is 0 Å². The van der Waals surface area contributed by atoms with Crippen LogP contribution in [0.2, 0.25) is 5.02 Å². The van der Waals surface area contributed by atoms with Crippen molar-refractivity contribution in [2.24, 2.45) is 0 Å². The van der Waals surface area contributed by atoms with Crippen molar-refractivity contribution < 1.29 is 5.11 Å². The molecular formula is C10H10ClNO. The van der Waals surface area contributed by atoms with Gasteiger partial charge in [0.2, 0.25) is 0 Å². The van der Waals surface area contributed by atoms with Crippen LogP contribution in [-0.2, 0) is 0 Å². The Bertz CT molecular complexity index is 302. The SMILES string of the molecule is N#CCCC(O)c1ccc(Cl)cc1. The van der Waals surface area contributed by atoms with Gasteiger partial charge in [-0.2, -0.15) is 5.26 Å². The first-order valence-corrected chi connectivity index (χ1v) is 4.42. The van der Waals surface area contributed by atoms with E-state index in [0.717, 1.165) is 5.56 Å². The number of benzene rings is 1. The average Bonchev–Trinajstić information content (AvgIpc) is 2.15. The molecule has 0 aliphatic carbocycles. The third kappa shape index (κ3) is 3.06. The van der Waals surface area contributed by atoms with Gasteiger partial charge in [0.05, 0.1) is 12.2 Å². The molecule has 1 atom stereocenters. The van der Waals surface area contributed by atoms with Crippen molar-refractivity contribution in [3.05, 3.63) is 34.9 Å². The fraction of sp³-hybridized carbons (Fsp3) is 0.300. The van der Waals surface area contributed by atoms with Crippen LogP contribution < -0.4 is 0 Å². The first kappa shape index (κ1) is 10.0. The van der Waals surface area contributed by atoms with E-state index in [1.54, 1.807) is 24.3 Å². The Labute approximate surface area is 82.4 Å². The lowest BCUT2D eigenvalue weighted by atomic mass is 10.1. The van der Waals surface area contributed by atoms with Gasteiger partial charge in [0.1, 0.15) is 0 Å². The molecule has 0 aliphatic rings. The minimum Gasteiger partial charge on any atom is -0.388 e. The fourth-order valence-electron chi connectivity index (χ4n) is 1.05. The number of halogens is 1. The molecule has 0 bridgehead atoms. The summed E-state index contributed by atoms with van der Waals surface area (Å²) in [6.07, 6.45) is 0.277. The van der Waals surface area contributed by atoms with E-state index in [-0.39, 0.29) is 0 Å².